The lowest BCUT2D eigenvalue weighted by atomic mass is 9.81. The second kappa shape index (κ2) is 7.22. The second-order valence-electron chi connectivity index (χ2n) is 5.64. The van der Waals surface area contributed by atoms with E-state index < -0.39 is 12.0 Å². The number of carboxylic acids is 1. The van der Waals surface area contributed by atoms with Crippen LogP contribution in [0.1, 0.15) is 37.3 Å². The Balaban J connectivity index is 1.98. The molecule has 1 saturated carbocycles. The van der Waals surface area contributed by atoms with Crippen LogP contribution in [0.15, 0.2) is 30.3 Å². The van der Waals surface area contributed by atoms with Gasteiger partial charge in [-0.25, -0.2) is 4.79 Å². The first kappa shape index (κ1) is 15.5. The number of benzene rings is 1. The summed E-state index contributed by atoms with van der Waals surface area (Å²) in [5.41, 5.74) is 6.23. The van der Waals surface area contributed by atoms with E-state index in [1.165, 1.54) is 0 Å². The van der Waals surface area contributed by atoms with Gasteiger partial charge in [-0.1, -0.05) is 30.3 Å². The summed E-state index contributed by atoms with van der Waals surface area (Å²) in [4.78, 5) is 23.7. The Labute approximate surface area is 124 Å². The van der Waals surface area contributed by atoms with Crippen LogP contribution in [0, 0.1) is 11.8 Å². The van der Waals surface area contributed by atoms with E-state index in [-0.39, 0.29) is 11.8 Å². The molecule has 1 atom stereocenters. The molecule has 4 N–H and O–H groups in total. The Morgan fingerprint density at radius 2 is 1.81 bits per heavy atom. The third-order valence-corrected chi connectivity index (χ3v) is 4.22. The van der Waals surface area contributed by atoms with Crippen molar-refractivity contribution in [3.8, 4) is 0 Å². The van der Waals surface area contributed by atoms with Crippen molar-refractivity contribution in [1.82, 2.24) is 5.32 Å². The molecule has 5 nitrogen and oxygen atoms in total. The Morgan fingerprint density at radius 1 is 1.19 bits per heavy atom. The monoisotopic (exact) mass is 290 g/mol. The van der Waals surface area contributed by atoms with Gasteiger partial charge in [0.2, 0.25) is 5.91 Å². The Morgan fingerprint density at radius 3 is 2.33 bits per heavy atom. The molecular weight excluding hydrogens is 268 g/mol. The zero-order valence-corrected chi connectivity index (χ0v) is 12.0. The van der Waals surface area contributed by atoms with Crippen LogP contribution in [-0.2, 0) is 9.59 Å². The van der Waals surface area contributed by atoms with Crippen molar-refractivity contribution < 1.29 is 14.7 Å². The average Bonchev–Trinajstić information content (AvgIpc) is 2.53. The number of nitrogens with one attached hydrogen (secondary N) is 1. The van der Waals surface area contributed by atoms with Gasteiger partial charge >= 0.3 is 5.97 Å². The van der Waals surface area contributed by atoms with Crippen LogP contribution in [0.4, 0.5) is 0 Å². The summed E-state index contributed by atoms with van der Waals surface area (Å²) in [6, 6.07) is 7.80. The minimum Gasteiger partial charge on any atom is -0.479 e. The minimum atomic E-state index is -1.04. The molecule has 1 fully saturated rings. The van der Waals surface area contributed by atoms with Crippen molar-refractivity contribution in [3.05, 3.63) is 35.9 Å². The summed E-state index contributed by atoms with van der Waals surface area (Å²) >= 11 is 0. The van der Waals surface area contributed by atoms with E-state index in [2.05, 4.69) is 5.32 Å². The molecule has 1 amide bonds. The first-order valence-corrected chi connectivity index (χ1v) is 7.40. The van der Waals surface area contributed by atoms with Crippen LogP contribution in [-0.4, -0.2) is 23.5 Å². The average molecular weight is 290 g/mol. The molecular formula is C16H22N2O3. The molecule has 1 aliphatic carbocycles. The number of amides is 1. The van der Waals surface area contributed by atoms with Crippen molar-refractivity contribution in [3.63, 3.8) is 0 Å². The second-order valence-corrected chi connectivity index (χ2v) is 5.64. The largest absolute Gasteiger partial charge is 0.479 e. The van der Waals surface area contributed by atoms with E-state index in [0.717, 1.165) is 25.7 Å². The van der Waals surface area contributed by atoms with Gasteiger partial charge in [-0.2, -0.15) is 0 Å². The SMILES string of the molecule is NCC1CCC(C(=O)NC(C(=O)O)c2ccccc2)CC1. The highest BCUT2D eigenvalue weighted by Gasteiger charge is 2.29. The van der Waals surface area contributed by atoms with Crippen LogP contribution < -0.4 is 11.1 Å². The fraction of sp³-hybridized carbons (Fsp3) is 0.500. The van der Waals surface area contributed by atoms with Gasteiger partial charge in [0.05, 0.1) is 0 Å². The van der Waals surface area contributed by atoms with E-state index in [0.29, 0.717) is 18.0 Å². The molecule has 1 aromatic carbocycles. The molecule has 0 bridgehead atoms. The highest BCUT2D eigenvalue weighted by Crippen LogP contribution is 2.28. The standard InChI is InChI=1S/C16H22N2O3/c17-10-11-6-8-13(9-7-11)15(19)18-14(16(20)21)12-4-2-1-3-5-12/h1-5,11,13-14H,6-10,17H2,(H,18,19)(H,20,21). The first-order valence-electron chi connectivity index (χ1n) is 7.40. The number of carboxylic acid groups (broad SMARTS) is 1. The number of hydrogen-bond donors (Lipinski definition) is 3. The van der Waals surface area contributed by atoms with Crippen molar-refractivity contribution in [2.45, 2.75) is 31.7 Å². The fourth-order valence-electron chi connectivity index (χ4n) is 2.85. The smallest absolute Gasteiger partial charge is 0.330 e. The van der Waals surface area contributed by atoms with Crippen LogP contribution in [0.3, 0.4) is 0 Å². The zero-order valence-electron chi connectivity index (χ0n) is 12.0. The maximum Gasteiger partial charge on any atom is 0.330 e. The molecule has 2 rings (SSSR count). The van der Waals surface area contributed by atoms with Gasteiger partial charge in [-0.3, -0.25) is 4.79 Å². The van der Waals surface area contributed by atoms with Gasteiger partial charge in [-0.05, 0) is 43.7 Å². The maximum absolute atomic E-state index is 12.3. The van der Waals surface area contributed by atoms with Gasteiger partial charge in [0.1, 0.15) is 0 Å². The lowest BCUT2D eigenvalue weighted by Gasteiger charge is -2.27. The van der Waals surface area contributed by atoms with E-state index in [1.54, 1.807) is 24.3 Å². The Kier molecular flexibility index (Phi) is 5.33. The molecule has 1 unspecified atom stereocenters. The van der Waals surface area contributed by atoms with Gasteiger partial charge in [0.25, 0.3) is 0 Å². The number of rotatable bonds is 5. The highest BCUT2D eigenvalue weighted by atomic mass is 16.4. The third kappa shape index (κ3) is 4.04. The quantitative estimate of drug-likeness (QED) is 0.769. The summed E-state index contributed by atoms with van der Waals surface area (Å²) in [5.74, 6) is -0.802. The zero-order chi connectivity index (χ0) is 15.2. The van der Waals surface area contributed by atoms with Gasteiger partial charge in [-0.15, -0.1) is 0 Å². The topological polar surface area (TPSA) is 92.4 Å². The molecule has 0 heterocycles. The molecule has 0 saturated heterocycles. The summed E-state index contributed by atoms with van der Waals surface area (Å²) < 4.78 is 0. The normalized spacial score (nSPS) is 23.3. The molecule has 0 spiro atoms. The summed E-state index contributed by atoms with van der Waals surface area (Å²) in [5, 5.41) is 12.0. The molecule has 0 radical (unpaired) electrons. The number of carbonyl (C=O) groups is 2. The molecule has 21 heavy (non-hydrogen) atoms. The molecule has 0 aromatic heterocycles. The minimum absolute atomic E-state index is 0.0987. The van der Waals surface area contributed by atoms with Crippen LogP contribution in [0.5, 0.6) is 0 Å². The lowest BCUT2D eigenvalue weighted by molar-refractivity contribution is -0.143. The molecule has 114 valence electrons. The van der Waals surface area contributed by atoms with Gasteiger partial charge < -0.3 is 16.2 Å². The van der Waals surface area contributed by atoms with E-state index in [4.69, 9.17) is 5.73 Å². The summed E-state index contributed by atoms with van der Waals surface area (Å²) in [7, 11) is 0. The lowest BCUT2D eigenvalue weighted by Crippen LogP contribution is -2.39. The number of hydrogen-bond acceptors (Lipinski definition) is 3. The molecule has 1 aliphatic rings. The first-order chi connectivity index (χ1) is 10.1. The number of nitrogens with two attached hydrogens (primary N) is 1. The van der Waals surface area contributed by atoms with E-state index in [1.807, 2.05) is 6.07 Å². The van der Waals surface area contributed by atoms with E-state index in [9.17, 15) is 14.7 Å². The van der Waals surface area contributed by atoms with Crippen molar-refractivity contribution >= 4 is 11.9 Å². The van der Waals surface area contributed by atoms with Crippen LogP contribution in [0.2, 0.25) is 0 Å². The maximum atomic E-state index is 12.3. The predicted octanol–water partition coefficient (Wildman–Crippen LogP) is 1.69. The van der Waals surface area contributed by atoms with Crippen LogP contribution in [0.25, 0.3) is 0 Å². The van der Waals surface area contributed by atoms with Crippen molar-refractivity contribution in [1.29, 1.82) is 0 Å². The highest BCUT2D eigenvalue weighted by molar-refractivity contribution is 5.85. The van der Waals surface area contributed by atoms with Crippen molar-refractivity contribution in [2.75, 3.05) is 6.54 Å². The predicted molar refractivity (Wildman–Crippen MR) is 79.5 cm³/mol. The van der Waals surface area contributed by atoms with Crippen molar-refractivity contribution in [2.24, 2.45) is 17.6 Å². The Hall–Kier alpha value is -1.88. The number of aliphatic carboxylic acids is 1. The van der Waals surface area contributed by atoms with Crippen LogP contribution >= 0.6 is 0 Å². The number of carbonyl (C=O) groups excluding carboxylic acids is 1. The molecule has 5 heteroatoms. The summed E-state index contributed by atoms with van der Waals surface area (Å²) in [6.07, 6.45) is 3.46. The Bertz CT molecular complexity index is 482. The van der Waals surface area contributed by atoms with E-state index >= 15 is 0 Å². The molecule has 0 aliphatic heterocycles. The third-order valence-electron chi connectivity index (χ3n) is 4.22. The summed E-state index contributed by atoms with van der Waals surface area (Å²) in [6.45, 7) is 0.663. The van der Waals surface area contributed by atoms with Gasteiger partial charge in [0, 0.05) is 5.92 Å². The molecule has 1 aromatic rings. The fourth-order valence-corrected chi connectivity index (χ4v) is 2.85. The van der Waals surface area contributed by atoms with Gasteiger partial charge in [0.15, 0.2) is 6.04 Å².